The van der Waals surface area contributed by atoms with E-state index in [0.717, 1.165) is 11.1 Å². The molecule has 2 N–H and O–H groups in total. The Kier molecular flexibility index (Phi) is 6.08. The molecule has 2 rings (SSSR count). The van der Waals surface area contributed by atoms with E-state index >= 15 is 0 Å². The second kappa shape index (κ2) is 7.86. The van der Waals surface area contributed by atoms with Gasteiger partial charge in [0.05, 0.1) is 4.75 Å². The van der Waals surface area contributed by atoms with Gasteiger partial charge in [0.15, 0.2) is 0 Å². The molecule has 3 unspecified atom stereocenters. The van der Waals surface area contributed by atoms with E-state index in [2.05, 4.69) is 23.2 Å². The molecule has 0 saturated heterocycles. The summed E-state index contributed by atoms with van der Waals surface area (Å²) in [6.07, 6.45) is 1.90. The zero-order valence-electron chi connectivity index (χ0n) is 13.5. The number of carbonyl (C=O) groups is 2. The van der Waals surface area contributed by atoms with Crippen molar-refractivity contribution in [3.05, 3.63) is 54.9 Å². The number of benzene rings is 1. The lowest BCUT2D eigenvalue weighted by Gasteiger charge is -2.23. The van der Waals surface area contributed by atoms with Crippen LogP contribution in [0.4, 0.5) is 0 Å². The lowest BCUT2D eigenvalue weighted by Crippen LogP contribution is -2.45. The number of carbonyl (C=O) groups excluding carboxylic acids is 2. The van der Waals surface area contributed by atoms with Gasteiger partial charge in [0.25, 0.3) is 5.91 Å². The third-order valence-electron chi connectivity index (χ3n) is 4.09. The second-order valence-corrected chi connectivity index (χ2v) is 9.34. The summed E-state index contributed by atoms with van der Waals surface area (Å²) in [5.74, 6) is 0.440. The van der Waals surface area contributed by atoms with Crippen molar-refractivity contribution in [1.29, 1.82) is 0 Å². The number of hydrogen-bond acceptors (Lipinski definition) is 3. The van der Waals surface area contributed by atoms with E-state index in [-0.39, 0.29) is 0 Å². The van der Waals surface area contributed by atoms with Gasteiger partial charge in [-0.15, -0.1) is 0 Å². The fraction of sp³-hybridized carbons (Fsp3) is 0.294. The number of rotatable bonds is 9. The van der Waals surface area contributed by atoms with E-state index in [0.29, 0.717) is 19.3 Å². The summed E-state index contributed by atoms with van der Waals surface area (Å²) in [5, 5.41) is 2.48. The quantitative estimate of drug-likeness (QED) is 0.522. The molecule has 7 heteroatoms. The van der Waals surface area contributed by atoms with E-state index in [1.165, 1.54) is 0 Å². The van der Waals surface area contributed by atoms with Crippen molar-refractivity contribution >= 4 is 36.8 Å². The van der Waals surface area contributed by atoms with Crippen molar-refractivity contribution in [3.63, 3.8) is 0 Å². The van der Waals surface area contributed by atoms with Crippen molar-refractivity contribution < 1.29 is 13.8 Å². The highest BCUT2D eigenvalue weighted by atomic mass is 32.2. The van der Waals surface area contributed by atoms with Crippen LogP contribution in [-0.4, -0.2) is 33.7 Å². The minimum Gasteiger partial charge on any atom is -0.343 e. The van der Waals surface area contributed by atoms with Crippen LogP contribution in [-0.2, 0) is 20.6 Å². The average Bonchev–Trinajstić information content (AvgIpc) is 3.41. The lowest BCUT2D eigenvalue weighted by molar-refractivity contribution is -0.121. The van der Waals surface area contributed by atoms with Gasteiger partial charge in [0.2, 0.25) is 6.41 Å². The summed E-state index contributed by atoms with van der Waals surface area (Å²) in [6, 6.07) is 9.54. The van der Waals surface area contributed by atoms with Crippen molar-refractivity contribution in [2.75, 3.05) is 6.66 Å². The van der Waals surface area contributed by atoms with Gasteiger partial charge in [0, 0.05) is 0 Å². The first-order chi connectivity index (χ1) is 11.5. The maximum Gasteiger partial charge on any atom is 0.258 e. The molecule has 0 radical (unpaired) electrons. The molecule has 1 aromatic carbocycles. The van der Waals surface area contributed by atoms with Gasteiger partial charge in [-0.25, -0.2) is 4.21 Å². The third kappa shape index (κ3) is 3.82. The molecular weight excluding hydrogens is 343 g/mol. The van der Waals surface area contributed by atoms with Gasteiger partial charge in [0.1, 0.15) is 16.8 Å². The minimum atomic E-state index is -1.60. The van der Waals surface area contributed by atoms with Crippen molar-refractivity contribution in [3.8, 4) is 0 Å². The molecule has 1 saturated carbocycles. The van der Waals surface area contributed by atoms with Crippen LogP contribution < -0.4 is 10.0 Å². The van der Waals surface area contributed by atoms with Crippen molar-refractivity contribution in [1.82, 2.24) is 10.0 Å². The van der Waals surface area contributed by atoms with E-state index in [4.69, 9.17) is 0 Å². The summed E-state index contributed by atoms with van der Waals surface area (Å²) < 4.78 is 14.7. The number of nitrogens with one attached hydrogen (secondary N) is 2. The molecule has 24 heavy (non-hydrogen) atoms. The maximum atomic E-state index is 12.8. The predicted octanol–water partition coefficient (Wildman–Crippen LogP) is 2.34. The van der Waals surface area contributed by atoms with Crippen LogP contribution in [0.15, 0.2) is 49.3 Å². The standard InChI is InChI=1S/C17H21N2O3PS/c1-4-23(3)16(18-12-20)15(21)19-24(22)17(10-11-17)13(2)14-8-6-5-7-9-14/h4-9,12,16H,1-2,10-11H2,3H3,(H,18,20)(H,19,21). The average molecular weight is 364 g/mol. The first-order valence-electron chi connectivity index (χ1n) is 7.47. The van der Waals surface area contributed by atoms with Crippen LogP contribution in [0.3, 0.4) is 0 Å². The minimum absolute atomic E-state index is 0.457. The zero-order chi connectivity index (χ0) is 17.7. The van der Waals surface area contributed by atoms with Crippen LogP contribution >= 0.6 is 7.92 Å². The second-order valence-electron chi connectivity index (χ2n) is 5.61. The van der Waals surface area contributed by atoms with Crippen LogP contribution in [0.2, 0.25) is 0 Å². The molecule has 0 aliphatic heterocycles. The van der Waals surface area contributed by atoms with Gasteiger partial charge in [-0.3, -0.25) is 14.3 Å². The molecule has 0 heterocycles. The Morgan fingerprint density at radius 3 is 2.50 bits per heavy atom. The fourth-order valence-electron chi connectivity index (χ4n) is 2.41. The van der Waals surface area contributed by atoms with Crippen molar-refractivity contribution in [2.45, 2.75) is 23.4 Å². The lowest BCUT2D eigenvalue weighted by atomic mass is 10.0. The van der Waals surface area contributed by atoms with Gasteiger partial charge < -0.3 is 5.32 Å². The van der Waals surface area contributed by atoms with E-state index in [1.807, 2.05) is 37.0 Å². The Morgan fingerprint density at radius 2 is 2.00 bits per heavy atom. The Morgan fingerprint density at radius 1 is 1.38 bits per heavy atom. The Bertz CT molecular complexity index is 674. The number of hydrogen-bond donors (Lipinski definition) is 2. The molecule has 1 fully saturated rings. The summed E-state index contributed by atoms with van der Waals surface area (Å²) in [6.45, 7) is 9.57. The summed E-state index contributed by atoms with van der Waals surface area (Å²) in [5.41, 5.74) is 1.69. The summed E-state index contributed by atoms with van der Waals surface area (Å²) in [4.78, 5) is 23.1. The van der Waals surface area contributed by atoms with E-state index in [9.17, 15) is 13.8 Å². The molecule has 1 aliphatic carbocycles. The third-order valence-corrected chi connectivity index (χ3v) is 7.62. The van der Waals surface area contributed by atoms with Gasteiger partial charge in [-0.05, 0) is 30.6 Å². The van der Waals surface area contributed by atoms with Crippen LogP contribution in [0.1, 0.15) is 18.4 Å². The fourth-order valence-corrected chi connectivity index (χ4v) is 4.75. The highest BCUT2D eigenvalue weighted by Crippen LogP contribution is 2.50. The van der Waals surface area contributed by atoms with Gasteiger partial charge in [-0.2, -0.15) is 0 Å². The highest BCUT2D eigenvalue weighted by molar-refractivity contribution is 7.86. The molecule has 0 spiro atoms. The Hall–Kier alpha value is -1.78. The monoisotopic (exact) mass is 364 g/mol. The molecule has 0 aromatic heterocycles. The zero-order valence-corrected chi connectivity index (χ0v) is 15.2. The van der Waals surface area contributed by atoms with Gasteiger partial charge in [-0.1, -0.05) is 57.2 Å². The molecule has 3 atom stereocenters. The maximum absolute atomic E-state index is 12.8. The summed E-state index contributed by atoms with van der Waals surface area (Å²) in [7, 11) is -2.54. The summed E-state index contributed by atoms with van der Waals surface area (Å²) >= 11 is 0. The highest BCUT2D eigenvalue weighted by Gasteiger charge is 2.52. The van der Waals surface area contributed by atoms with Crippen LogP contribution in [0, 0.1) is 0 Å². The first kappa shape index (κ1) is 18.6. The number of amides is 2. The van der Waals surface area contributed by atoms with Crippen molar-refractivity contribution in [2.24, 2.45) is 0 Å². The normalized spacial score (nSPS) is 18.5. The van der Waals surface area contributed by atoms with Crippen LogP contribution in [0.25, 0.3) is 5.57 Å². The molecule has 5 nitrogen and oxygen atoms in total. The van der Waals surface area contributed by atoms with Gasteiger partial charge >= 0.3 is 0 Å². The molecular formula is C17H21N2O3PS. The molecule has 1 aliphatic rings. The Balaban J connectivity index is 2.11. The topological polar surface area (TPSA) is 75.3 Å². The SMILES string of the molecule is C=CP(C)C(NC=O)C(=O)NS(=O)C1(C(=C)c2ccccc2)CC1. The molecule has 128 valence electrons. The first-order valence-corrected chi connectivity index (χ1v) is 10.6. The van der Waals surface area contributed by atoms with E-state index < -0.39 is 35.3 Å². The largest absolute Gasteiger partial charge is 0.343 e. The Labute approximate surface area is 145 Å². The molecule has 2 amide bonds. The van der Waals surface area contributed by atoms with Crippen LogP contribution in [0.5, 0.6) is 0 Å². The predicted molar refractivity (Wildman–Crippen MR) is 99.8 cm³/mol. The molecule has 1 aromatic rings. The molecule has 0 bridgehead atoms. The van der Waals surface area contributed by atoms with E-state index in [1.54, 1.807) is 5.82 Å². The smallest absolute Gasteiger partial charge is 0.258 e.